The molecule has 0 bridgehead atoms. The van der Waals surface area contributed by atoms with Crippen LogP contribution in [-0.2, 0) is 19.5 Å². The fourth-order valence-electron chi connectivity index (χ4n) is 3.54. The third-order valence-electron chi connectivity index (χ3n) is 4.82. The molecule has 0 amide bonds. The number of para-hydroxylation sites is 1. The van der Waals surface area contributed by atoms with Gasteiger partial charge in [-0.05, 0) is 36.2 Å². The van der Waals surface area contributed by atoms with Crippen molar-refractivity contribution >= 4 is 10.9 Å². The molecule has 0 aliphatic carbocycles. The van der Waals surface area contributed by atoms with Gasteiger partial charge in [-0.2, -0.15) is 0 Å². The summed E-state index contributed by atoms with van der Waals surface area (Å²) in [6, 6.07) is 6.66. The summed E-state index contributed by atoms with van der Waals surface area (Å²) < 4.78 is 0. The maximum absolute atomic E-state index is 5.09. The van der Waals surface area contributed by atoms with Crippen LogP contribution in [-0.4, -0.2) is 30.0 Å². The first-order valence-electron chi connectivity index (χ1n) is 8.45. The molecule has 22 heavy (non-hydrogen) atoms. The van der Waals surface area contributed by atoms with Gasteiger partial charge in [-0.3, -0.25) is 9.88 Å². The van der Waals surface area contributed by atoms with Gasteiger partial charge in [0.25, 0.3) is 0 Å². The van der Waals surface area contributed by atoms with E-state index in [1.165, 1.54) is 33.3 Å². The van der Waals surface area contributed by atoms with E-state index >= 15 is 0 Å². The molecule has 3 rings (SSSR count). The van der Waals surface area contributed by atoms with Crippen molar-refractivity contribution in [3.8, 4) is 0 Å². The van der Waals surface area contributed by atoms with Gasteiger partial charge in [0, 0.05) is 37.1 Å². The molecule has 0 fully saturated rings. The van der Waals surface area contributed by atoms with Crippen molar-refractivity contribution in [2.45, 2.75) is 46.2 Å². The van der Waals surface area contributed by atoms with Crippen LogP contribution >= 0.6 is 0 Å². The first kappa shape index (κ1) is 15.4. The minimum Gasteiger partial charge on any atom is -0.316 e. The highest BCUT2D eigenvalue weighted by Gasteiger charge is 2.22. The zero-order valence-electron chi connectivity index (χ0n) is 14.2. The molecule has 1 aromatic carbocycles. The highest BCUT2D eigenvalue weighted by atomic mass is 15.1. The van der Waals surface area contributed by atoms with Gasteiger partial charge in [0.15, 0.2) is 0 Å². The standard InChI is InChI=1S/C19H27N3/c1-5-22-10-9-18-17(12-22)16(11-20-4)15-8-6-7-14(13(2)3)19(15)21-18/h6-8,13,20H,5,9-12H2,1-4H3. The Labute approximate surface area is 133 Å². The summed E-state index contributed by atoms with van der Waals surface area (Å²) in [5.41, 5.74) is 6.80. The zero-order chi connectivity index (χ0) is 15.7. The van der Waals surface area contributed by atoms with Gasteiger partial charge in [0.2, 0.25) is 0 Å². The average Bonchev–Trinajstić information content (AvgIpc) is 2.53. The van der Waals surface area contributed by atoms with E-state index in [0.717, 1.165) is 32.6 Å². The Morgan fingerprint density at radius 2 is 2.14 bits per heavy atom. The fourth-order valence-corrected chi connectivity index (χ4v) is 3.54. The monoisotopic (exact) mass is 297 g/mol. The Morgan fingerprint density at radius 1 is 1.32 bits per heavy atom. The van der Waals surface area contributed by atoms with Crippen LogP contribution in [0.1, 0.15) is 49.1 Å². The molecule has 1 aliphatic heterocycles. The van der Waals surface area contributed by atoms with Crippen LogP contribution in [0, 0.1) is 0 Å². The molecule has 0 saturated carbocycles. The predicted octanol–water partition coefficient (Wildman–Crippen LogP) is 3.46. The highest BCUT2D eigenvalue weighted by molar-refractivity contribution is 5.87. The summed E-state index contributed by atoms with van der Waals surface area (Å²) >= 11 is 0. The number of nitrogens with one attached hydrogen (secondary N) is 1. The van der Waals surface area contributed by atoms with Crippen molar-refractivity contribution in [3.05, 3.63) is 40.6 Å². The quantitative estimate of drug-likeness (QED) is 0.937. The van der Waals surface area contributed by atoms with Crippen molar-refractivity contribution in [2.75, 3.05) is 20.1 Å². The van der Waals surface area contributed by atoms with Gasteiger partial charge in [0.05, 0.1) is 5.52 Å². The van der Waals surface area contributed by atoms with Crippen molar-refractivity contribution in [3.63, 3.8) is 0 Å². The number of hydrogen-bond acceptors (Lipinski definition) is 3. The van der Waals surface area contributed by atoms with Crippen molar-refractivity contribution < 1.29 is 0 Å². The Bertz CT molecular complexity index is 676. The van der Waals surface area contributed by atoms with E-state index in [1.54, 1.807) is 0 Å². The Balaban J connectivity index is 2.25. The van der Waals surface area contributed by atoms with Gasteiger partial charge < -0.3 is 5.32 Å². The van der Waals surface area contributed by atoms with Gasteiger partial charge in [0.1, 0.15) is 0 Å². The third kappa shape index (κ3) is 2.64. The smallest absolute Gasteiger partial charge is 0.0743 e. The lowest BCUT2D eigenvalue weighted by atomic mass is 9.92. The first-order valence-corrected chi connectivity index (χ1v) is 8.45. The van der Waals surface area contributed by atoms with Crippen LogP contribution in [0.4, 0.5) is 0 Å². The molecule has 2 aromatic rings. The molecule has 118 valence electrons. The van der Waals surface area contributed by atoms with E-state index in [-0.39, 0.29) is 0 Å². The molecule has 1 aromatic heterocycles. The van der Waals surface area contributed by atoms with Crippen LogP contribution in [0.3, 0.4) is 0 Å². The molecule has 0 radical (unpaired) electrons. The van der Waals surface area contributed by atoms with Crippen LogP contribution in [0.25, 0.3) is 10.9 Å². The Hall–Kier alpha value is -1.45. The summed E-state index contributed by atoms with van der Waals surface area (Å²) in [5, 5.41) is 4.69. The number of nitrogens with zero attached hydrogens (tertiary/aromatic N) is 2. The van der Waals surface area contributed by atoms with E-state index < -0.39 is 0 Å². The summed E-state index contributed by atoms with van der Waals surface area (Å²) in [7, 11) is 2.03. The minimum atomic E-state index is 0.507. The number of hydrogen-bond donors (Lipinski definition) is 1. The van der Waals surface area contributed by atoms with Crippen molar-refractivity contribution in [1.29, 1.82) is 0 Å². The third-order valence-corrected chi connectivity index (χ3v) is 4.82. The van der Waals surface area contributed by atoms with E-state index in [9.17, 15) is 0 Å². The number of likely N-dealkylation sites (N-methyl/N-ethyl adjacent to an activating group) is 1. The number of pyridine rings is 1. The first-order chi connectivity index (χ1) is 10.7. The van der Waals surface area contributed by atoms with E-state index in [1.807, 2.05) is 7.05 Å². The largest absolute Gasteiger partial charge is 0.316 e. The summed E-state index contributed by atoms with van der Waals surface area (Å²) in [6.45, 7) is 11.0. The van der Waals surface area contributed by atoms with Crippen molar-refractivity contribution in [2.24, 2.45) is 0 Å². The number of fused-ring (bicyclic) bond motifs is 2. The Morgan fingerprint density at radius 3 is 2.82 bits per heavy atom. The number of rotatable bonds is 4. The average molecular weight is 297 g/mol. The van der Waals surface area contributed by atoms with Gasteiger partial charge in [-0.25, -0.2) is 0 Å². The molecule has 0 atom stereocenters. The lowest BCUT2D eigenvalue weighted by Gasteiger charge is -2.30. The second-order valence-corrected chi connectivity index (χ2v) is 6.56. The second kappa shape index (κ2) is 6.35. The number of aromatic nitrogens is 1. The molecule has 1 N–H and O–H groups in total. The SMILES string of the molecule is CCN1CCc2nc3c(C(C)C)cccc3c(CNC)c2C1. The summed E-state index contributed by atoms with van der Waals surface area (Å²) in [4.78, 5) is 7.61. The predicted molar refractivity (Wildman–Crippen MR) is 93.3 cm³/mol. The fraction of sp³-hybridized carbons (Fsp3) is 0.526. The maximum atomic E-state index is 5.09. The molecular weight excluding hydrogens is 270 g/mol. The molecular formula is C19H27N3. The summed E-state index contributed by atoms with van der Waals surface area (Å²) in [6.07, 6.45) is 1.07. The van der Waals surface area contributed by atoms with Crippen LogP contribution in [0.2, 0.25) is 0 Å². The zero-order valence-corrected chi connectivity index (χ0v) is 14.2. The molecule has 1 aliphatic rings. The number of benzene rings is 1. The van der Waals surface area contributed by atoms with Gasteiger partial charge in [-0.1, -0.05) is 39.0 Å². The van der Waals surface area contributed by atoms with Crippen molar-refractivity contribution in [1.82, 2.24) is 15.2 Å². The molecule has 3 heteroatoms. The van der Waals surface area contributed by atoms with Gasteiger partial charge in [-0.15, -0.1) is 0 Å². The molecule has 0 spiro atoms. The molecule has 2 heterocycles. The minimum absolute atomic E-state index is 0.507. The van der Waals surface area contributed by atoms with E-state index in [4.69, 9.17) is 4.98 Å². The Kier molecular flexibility index (Phi) is 4.46. The second-order valence-electron chi connectivity index (χ2n) is 6.56. The van der Waals surface area contributed by atoms with Crippen LogP contribution < -0.4 is 5.32 Å². The molecule has 0 saturated heterocycles. The van der Waals surface area contributed by atoms with E-state index in [2.05, 4.69) is 49.2 Å². The summed E-state index contributed by atoms with van der Waals surface area (Å²) in [5.74, 6) is 0.507. The van der Waals surface area contributed by atoms with Gasteiger partial charge >= 0.3 is 0 Å². The van der Waals surface area contributed by atoms with Crippen LogP contribution in [0.5, 0.6) is 0 Å². The highest BCUT2D eigenvalue weighted by Crippen LogP contribution is 2.32. The molecule has 3 nitrogen and oxygen atoms in total. The topological polar surface area (TPSA) is 28.2 Å². The van der Waals surface area contributed by atoms with E-state index in [0.29, 0.717) is 5.92 Å². The normalized spacial score (nSPS) is 15.5. The van der Waals surface area contributed by atoms with Crippen LogP contribution in [0.15, 0.2) is 18.2 Å². The lowest BCUT2D eigenvalue weighted by molar-refractivity contribution is 0.265. The molecule has 0 unspecified atom stereocenters. The lowest BCUT2D eigenvalue weighted by Crippen LogP contribution is -2.32. The maximum Gasteiger partial charge on any atom is 0.0743 e.